The molecule has 0 atom stereocenters. The van der Waals surface area contributed by atoms with Gasteiger partial charge in [0.2, 0.25) is 0 Å². The van der Waals surface area contributed by atoms with E-state index in [1.165, 1.54) is 47.1 Å². The third-order valence-corrected chi connectivity index (χ3v) is 10.7. The van der Waals surface area contributed by atoms with Crippen molar-refractivity contribution in [2.75, 3.05) is 9.80 Å². The summed E-state index contributed by atoms with van der Waals surface area (Å²) in [5.74, 6) is 0. The van der Waals surface area contributed by atoms with Crippen LogP contribution in [-0.2, 0) is 5.41 Å². The van der Waals surface area contributed by atoms with Crippen molar-refractivity contribution in [1.29, 1.82) is 0 Å². The summed E-state index contributed by atoms with van der Waals surface area (Å²) in [6.45, 7) is 6.31. The van der Waals surface area contributed by atoms with Gasteiger partial charge in [0.05, 0.1) is 5.69 Å². The number of nitrogens with zero attached hydrogens (tertiary/aromatic N) is 3. The van der Waals surface area contributed by atoms with Gasteiger partial charge in [-0.3, -0.25) is 4.98 Å². The number of rotatable bonds is 13. The van der Waals surface area contributed by atoms with E-state index in [-0.39, 0.29) is 0 Å². The molecule has 6 aromatic carbocycles. The summed E-state index contributed by atoms with van der Waals surface area (Å²) in [6, 6.07) is 61.5. The molecule has 0 fully saturated rings. The van der Waals surface area contributed by atoms with Crippen molar-refractivity contribution in [3.05, 3.63) is 205 Å². The second-order valence-electron chi connectivity index (χ2n) is 13.9. The highest BCUT2D eigenvalue weighted by Gasteiger charge is 2.45. The number of aromatic nitrogens is 1. The molecule has 7 aromatic rings. The van der Waals surface area contributed by atoms with Crippen LogP contribution in [0.1, 0.15) is 61.4 Å². The summed E-state index contributed by atoms with van der Waals surface area (Å²) in [4.78, 5) is 9.70. The van der Waals surface area contributed by atoms with Gasteiger partial charge in [-0.15, -0.1) is 0 Å². The van der Waals surface area contributed by atoms with Crippen LogP contribution in [0.5, 0.6) is 0 Å². The average Bonchev–Trinajstić information content (AvgIpc) is 3.50. The van der Waals surface area contributed by atoms with Gasteiger partial charge in [0.25, 0.3) is 0 Å². The van der Waals surface area contributed by atoms with Gasteiger partial charge in [0.15, 0.2) is 0 Å². The van der Waals surface area contributed by atoms with Crippen LogP contribution in [0.25, 0.3) is 17.2 Å². The average molecular weight is 688 g/mol. The molecule has 0 saturated carbocycles. The number of anilines is 6. The van der Waals surface area contributed by atoms with Crippen LogP contribution < -0.4 is 9.80 Å². The number of fused-ring (bicyclic) bond motifs is 3. The quantitative estimate of drug-likeness (QED) is 0.113. The van der Waals surface area contributed by atoms with Crippen molar-refractivity contribution >= 4 is 40.2 Å². The summed E-state index contributed by atoms with van der Waals surface area (Å²) < 4.78 is 0. The van der Waals surface area contributed by atoms with E-state index in [0.717, 1.165) is 52.7 Å². The van der Waals surface area contributed by atoms with Crippen molar-refractivity contribution in [2.24, 2.45) is 0 Å². The predicted octanol–water partition coefficient (Wildman–Crippen LogP) is 13.9. The fraction of sp³-hybridized carbons (Fsp3) is 0.140. The lowest BCUT2D eigenvalue weighted by atomic mass is 9.69. The first-order valence-corrected chi connectivity index (χ1v) is 18.9. The second-order valence-corrected chi connectivity index (χ2v) is 13.9. The number of pyridine rings is 1. The molecule has 0 radical (unpaired) electrons. The molecule has 3 heteroatoms. The highest BCUT2D eigenvalue weighted by atomic mass is 15.1. The summed E-state index contributed by atoms with van der Waals surface area (Å²) in [5.41, 5.74) is 13.7. The van der Waals surface area contributed by atoms with Crippen LogP contribution in [0.15, 0.2) is 183 Å². The van der Waals surface area contributed by atoms with E-state index in [2.05, 4.69) is 199 Å². The molecule has 0 unspecified atom stereocenters. The topological polar surface area (TPSA) is 19.4 Å². The maximum atomic E-state index is 4.94. The summed E-state index contributed by atoms with van der Waals surface area (Å²) in [7, 11) is 0. The van der Waals surface area contributed by atoms with Crippen molar-refractivity contribution in [3.63, 3.8) is 0 Å². The highest BCUT2D eigenvalue weighted by Crippen LogP contribution is 2.57. The van der Waals surface area contributed by atoms with Crippen LogP contribution in [0.3, 0.4) is 0 Å². The Labute approximate surface area is 314 Å². The standard InChI is InChI=1S/C50H45N3/c1-3-5-6-19-34-50(38-28-29-39(4-2)51-37-38)48-35-44(52(40-20-11-7-12-21-40)41-22-13-8-14-23-41)30-32-46(48)47-33-31-45(36-49(47)50)53(42-24-15-9-16-25-42)43-26-17-10-18-27-43/h4,7-18,20-33,35-37H,2-3,5-6,19,34H2,1H3. The molecule has 0 N–H and O–H groups in total. The maximum Gasteiger partial charge on any atom is 0.0623 e. The fourth-order valence-electron chi connectivity index (χ4n) is 8.19. The van der Waals surface area contributed by atoms with Gasteiger partial charge in [0, 0.05) is 45.7 Å². The zero-order valence-electron chi connectivity index (χ0n) is 30.4. The molecular formula is C50H45N3. The Morgan fingerprint density at radius 2 is 0.962 bits per heavy atom. The Bertz CT molecular complexity index is 2070. The van der Waals surface area contributed by atoms with E-state index in [4.69, 9.17) is 4.98 Å². The maximum absolute atomic E-state index is 4.94. The van der Waals surface area contributed by atoms with Gasteiger partial charge in [-0.2, -0.15) is 0 Å². The molecule has 0 amide bonds. The first-order chi connectivity index (χ1) is 26.2. The van der Waals surface area contributed by atoms with E-state index in [1.807, 2.05) is 6.08 Å². The third-order valence-electron chi connectivity index (χ3n) is 10.7. The molecule has 0 saturated heterocycles. The van der Waals surface area contributed by atoms with Crippen molar-refractivity contribution in [3.8, 4) is 11.1 Å². The molecule has 8 rings (SSSR count). The number of benzene rings is 6. The molecule has 260 valence electrons. The minimum atomic E-state index is -0.421. The lowest BCUT2D eigenvalue weighted by Gasteiger charge is -2.35. The van der Waals surface area contributed by atoms with Crippen molar-refractivity contribution < 1.29 is 0 Å². The molecular weight excluding hydrogens is 643 g/mol. The zero-order chi connectivity index (χ0) is 36.0. The second kappa shape index (κ2) is 15.2. The first kappa shape index (κ1) is 33.9. The van der Waals surface area contributed by atoms with Gasteiger partial charge in [-0.05, 0) is 119 Å². The summed E-state index contributed by atoms with van der Waals surface area (Å²) in [5, 5.41) is 0. The molecule has 0 spiro atoms. The van der Waals surface area contributed by atoms with Crippen LogP contribution in [0, 0.1) is 0 Å². The SMILES string of the molecule is C=Cc1ccc(C2(CCCCCC)c3cc(N(c4ccccc4)c4ccccc4)ccc3-c3ccc(N(c4ccccc4)c4ccccc4)cc32)cn1. The van der Waals surface area contributed by atoms with Gasteiger partial charge in [-0.25, -0.2) is 0 Å². The molecule has 1 heterocycles. The lowest BCUT2D eigenvalue weighted by Crippen LogP contribution is -2.28. The zero-order valence-corrected chi connectivity index (χ0v) is 30.4. The van der Waals surface area contributed by atoms with Crippen LogP contribution in [0.4, 0.5) is 34.1 Å². The van der Waals surface area contributed by atoms with E-state index < -0.39 is 5.41 Å². The molecule has 0 aliphatic heterocycles. The molecule has 1 aliphatic rings. The van der Waals surface area contributed by atoms with Crippen LogP contribution >= 0.6 is 0 Å². The fourth-order valence-corrected chi connectivity index (χ4v) is 8.19. The summed E-state index contributed by atoms with van der Waals surface area (Å²) >= 11 is 0. The normalized spacial score (nSPS) is 12.5. The molecule has 0 bridgehead atoms. The Morgan fingerprint density at radius 3 is 1.34 bits per heavy atom. The minimum Gasteiger partial charge on any atom is -0.310 e. The van der Waals surface area contributed by atoms with Crippen LogP contribution in [-0.4, -0.2) is 4.98 Å². The molecule has 1 aliphatic carbocycles. The smallest absolute Gasteiger partial charge is 0.0623 e. The van der Waals surface area contributed by atoms with E-state index in [0.29, 0.717) is 0 Å². The van der Waals surface area contributed by atoms with Crippen molar-refractivity contribution in [1.82, 2.24) is 4.98 Å². The highest BCUT2D eigenvalue weighted by molar-refractivity contribution is 5.90. The summed E-state index contributed by atoms with van der Waals surface area (Å²) in [6.07, 6.45) is 9.61. The lowest BCUT2D eigenvalue weighted by molar-refractivity contribution is 0.514. The van der Waals surface area contributed by atoms with Crippen molar-refractivity contribution in [2.45, 2.75) is 44.4 Å². The largest absolute Gasteiger partial charge is 0.310 e. The van der Waals surface area contributed by atoms with E-state index in [9.17, 15) is 0 Å². The third kappa shape index (κ3) is 6.44. The Morgan fingerprint density at radius 1 is 0.509 bits per heavy atom. The Balaban J connectivity index is 1.38. The van der Waals surface area contributed by atoms with Crippen LogP contribution in [0.2, 0.25) is 0 Å². The number of unbranched alkanes of at least 4 members (excludes halogenated alkanes) is 3. The van der Waals surface area contributed by atoms with E-state index >= 15 is 0 Å². The van der Waals surface area contributed by atoms with Gasteiger partial charge < -0.3 is 9.80 Å². The first-order valence-electron chi connectivity index (χ1n) is 18.9. The molecule has 3 nitrogen and oxygen atoms in total. The van der Waals surface area contributed by atoms with E-state index in [1.54, 1.807) is 0 Å². The minimum absolute atomic E-state index is 0.421. The Hall–Kier alpha value is -6.19. The number of hydrogen-bond acceptors (Lipinski definition) is 3. The molecule has 1 aromatic heterocycles. The predicted molar refractivity (Wildman–Crippen MR) is 224 cm³/mol. The Kier molecular flexibility index (Phi) is 9.73. The monoisotopic (exact) mass is 687 g/mol. The number of para-hydroxylation sites is 4. The van der Waals surface area contributed by atoms with Gasteiger partial charge in [-0.1, -0.05) is 130 Å². The van der Waals surface area contributed by atoms with Gasteiger partial charge >= 0.3 is 0 Å². The van der Waals surface area contributed by atoms with Gasteiger partial charge in [0.1, 0.15) is 0 Å². The number of hydrogen-bond donors (Lipinski definition) is 0. The molecule has 53 heavy (non-hydrogen) atoms.